The van der Waals surface area contributed by atoms with Crippen LogP contribution >= 0.6 is 23.2 Å². The smallest absolute Gasteiger partial charge is 0.283 e. The Morgan fingerprint density at radius 2 is 1.72 bits per heavy atom. The highest BCUT2D eigenvalue weighted by Crippen LogP contribution is 2.33. The van der Waals surface area contributed by atoms with Gasteiger partial charge in [0, 0.05) is 16.9 Å². The van der Waals surface area contributed by atoms with Gasteiger partial charge in [-0.2, -0.15) is 0 Å². The summed E-state index contributed by atoms with van der Waals surface area (Å²) in [6, 6.07) is 15.5. The van der Waals surface area contributed by atoms with Crippen LogP contribution in [-0.4, -0.2) is 24.3 Å². The molecule has 0 atom stereocenters. The van der Waals surface area contributed by atoms with Crippen LogP contribution in [-0.2, 0) is 9.59 Å². The summed E-state index contributed by atoms with van der Waals surface area (Å²) < 4.78 is 19.3. The van der Waals surface area contributed by atoms with Crippen LogP contribution in [0, 0.1) is 12.7 Å². The quantitative estimate of drug-likeness (QED) is 0.202. The van der Waals surface area contributed by atoms with Crippen molar-refractivity contribution in [3.63, 3.8) is 0 Å². The van der Waals surface area contributed by atoms with Crippen molar-refractivity contribution in [1.29, 1.82) is 0 Å². The van der Waals surface area contributed by atoms with Crippen LogP contribution in [0.5, 0.6) is 5.75 Å². The second-order valence-corrected chi connectivity index (χ2v) is 9.71. The van der Waals surface area contributed by atoms with Crippen LogP contribution in [0.25, 0.3) is 0 Å². The zero-order chi connectivity index (χ0) is 28.1. The minimum absolute atomic E-state index is 0.0774. The number of aryl methyl sites for hydroxylation is 1. The Morgan fingerprint density at radius 3 is 2.41 bits per heavy atom. The molecule has 202 valence electrons. The number of carbonyl (C=O) groups excluding carboxylic acids is 3. The van der Waals surface area contributed by atoms with Gasteiger partial charge in [0.25, 0.3) is 17.7 Å². The molecule has 7 nitrogen and oxygen atoms in total. The van der Waals surface area contributed by atoms with Crippen molar-refractivity contribution >= 4 is 58.0 Å². The molecule has 0 aromatic heterocycles. The Labute approximate surface area is 235 Å². The van der Waals surface area contributed by atoms with E-state index in [9.17, 15) is 18.8 Å². The van der Waals surface area contributed by atoms with Crippen molar-refractivity contribution in [2.24, 2.45) is 0 Å². The number of nitrogens with one attached hydrogen (secondary N) is 2. The molecule has 1 aliphatic rings. The van der Waals surface area contributed by atoms with Crippen molar-refractivity contribution < 1.29 is 23.5 Å². The van der Waals surface area contributed by atoms with E-state index in [0.717, 1.165) is 36.0 Å². The standard InChI is InChI=1S/C29H26Cl2FN3O4/c1-3-4-5-14-39-21-11-8-19(9-12-21)33-27(36)18-7-6-17(2)24(15-18)34-26-25(31)28(37)35(29(26)38)20-10-13-23(32)22(30)16-20/h6-13,15-16,34H,3-5,14H2,1-2H3,(H,33,36). The Morgan fingerprint density at radius 1 is 0.974 bits per heavy atom. The van der Waals surface area contributed by atoms with Gasteiger partial charge in [-0.1, -0.05) is 49.0 Å². The number of ether oxygens (including phenoxy) is 1. The summed E-state index contributed by atoms with van der Waals surface area (Å²) in [4.78, 5) is 39.6. The predicted octanol–water partition coefficient (Wildman–Crippen LogP) is 7.04. The van der Waals surface area contributed by atoms with Gasteiger partial charge in [-0.25, -0.2) is 9.29 Å². The number of amides is 3. The number of halogens is 3. The largest absolute Gasteiger partial charge is 0.494 e. The topological polar surface area (TPSA) is 87.7 Å². The van der Waals surface area contributed by atoms with E-state index in [1.54, 1.807) is 49.4 Å². The fourth-order valence-corrected chi connectivity index (χ4v) is 4.27. The summed E-state index contributed by atoms with van der Waals surface area (Å²) in [5.74, 6) is -1.85. The zero-order valence-corrected chi connectivity index (χ0v) is 22.8. The molecule has 3 aromatic carbocycles. The Hall–Kier alpha value is -3.88. The van der Waals surface area contributed by atoms with Crippen LogP contribution < -0.4 is 20.3 Å². The molecule has 39 heavy (non-hydrogen) atoms. The lowest BCUT2D eigenvalue weighted by Gasteiger charge is -2.16. The zero-order valence-electron chi connectivity index (χ0n) is 21.3. The summed E-state index contributed by atoms with van der Waals surface area (Å²) in [6.07, 6.45) is 3.21. The average Bonchev–Trinajstić information content (AvgIpc) is 3.13. The van der Waals surface area contributed by atoms with E-state index in [0.29, 0.717) is 29.1 Å². The van der Waals surface area contributed by atoms with Gasteiger partial charge in [-0.15, -0.1) is 0 Å². The van der Waals surface area contributed by atoms with Crippen LogP contribution in [0.2, 0.25) is 5.02 Å². The fraction of sp³-hybridized carbons (Fsp3) is 0.207. The molecule has 0 saturated carbocycles. The second kappa shape index (κ2) is 12.3. The highest BCUT2D eigenvalue weighted by molar-refractivity contribution is 6.53. The molecule has 2 N–H and O–H groups in total. The molecule has 0 radical (unpaired) electrons. The van der Waals surface area contributed by atoms with Crippen LogP contribution in [0.15, 0.2) is 71.4 Å². The first kappa shape index (κ1) is 28.1. The number of imide groups is 1. The maximum Gasteiger partial charge on any atom is 0.283 e. The monoisotopic (exact) mass is 569 g/mol. The highest BCUT2D eigenvalue weighted by Gasteiger charge is 2.39. The van der Waals surface area contributed by atoms with Crippen LogP contribution in [0.1, 0.15) is 42.1 Å². The van der Waals surface area contributed by atoms with Crippen molar-refractivity contribution in [1.82, 2.24) is 0 Å². The maximum absolute atomic E-state index is 13.6. The third-order valence-corrected chi connectivity index (χ3v) is 6.72. The Kier molecular flexibility index (Phi) is 8.89. The van der Waals surface area contributed by atoms with Gasteiger partial charge < -0.3 is 15.4 Å². The van der Waals surface area contributed by atoms with Gasteiger partial charge in [0.05, 0.1) is 17.3 Å². The molecule has 1 heterocycles. The van der Waals surface area contributed by atoms with Gasteiger partial charge in [0.2, 0.25) is 0 Å². The number of anilines is 3. The summed E-state index contributed by atoms with van der Waals surface area (Å²) in [7, 11) is 0. The molecule has 0 saturated heterocycles. The molecule has 3 aromatic rings. The fourth-order valence-electron chi connectivity index (χ4n) is 3.88. The first-order valence-electron chi connectivity index (χ1n) is 12.3. The van der Waals surface area contributed by atoms with Gasteiger partial charge in [0.1, 0.15) is 22.3 Å². The number of rotatable bonds is 10. The normalized spacial score (nSPS) is 13.2. The molecule has 4 rings (SSSR count). The number of benzene rings is 3. The third kappa shape index (κ3) is 6.41. The summed E-state index contributed by atoms with van der Waals surface area (Å²) in [5, 5.41) is 5.14. The number of hydrogen-bond donors (Lipinski definition) is 2. The average molecular weight is 570 g/mol. The molecule has 0 unspecified atom stereocenters. The van der Waals surface area contributed by atoms with Gasteiger partial charge in [-0.3, -0.25) is 14.4 Å². The van der Waals surface area contributed by atoms with Crippen LogP contribution in [0.4, 0.5) is 21.5 Å². The van der Waals surface area contributed by atoms with Crippen molar-refractivity contribution in [2.45, 2.75) is 33.1 Å². The SMILES string of the molecule is CCCCCOc1ccc(NC(=O)c2ccc(C)c(NC3=C(Cl)C(=O)N(c4ccc(F)c(Cl)c4)C3=O)c2)cc1. The van der Waals surface area contributed by atoms with E-state index in [1.807, 2.05) is 0 Å². The molecule has 0 fully saturated rings. The van der Waals surface area contributed by atoms with E-state index < -0.39 is 17.6 Å². The van der Waals surface area contributed by atoms with E-state index in [1.165, 1.54) is 12.1 Å². The third-order valence-electron chi connectivity index (χ3n) is 6.08. The molecule has 0 aliphatic carbocycles. The van der Waals surface area contributed by atoms with E-state index in [-0.39, 0.29) is 27.3 Å². The Balaban J connectivity index is 1.47. The molecular weight excluding hydrogens is 544 g/mol. The minimum Gasteiger partial charge on any atom is -0.494 e. The lowest BCUT2D eigenvalue weighted by Crippen LogP contribution is -2.32. The van der Waals surface area contributed by atoms with Crippen molar-refractivity contribution in [3.05, 3.63) is 93.4 Å². The van der Waals surface area contributed by atoms with E-state index in [2.05, 4.69) is 17.6 Å². The van der Waals surface area contributed by atoms with Crippen molar-refractivity contribution in [2.75, 3.05) is 22.1 Å². The maximum atomic E-state index is 13.6. The minimum atomic E-state index is -0.781. The van der Waals surface area contributed by atoms with Crippen molar-refractivity contribution in [3.8, 4) is 5.75 Å². The summed E-state index contributed by atoms with van der Waals surface area (Å²) in [5.41, 5.74) is 1.93. The number of nitrogens with zero attached hydrogens (tertiary/aromatic N) is 1. The summed E-state index contributed by atoms with van der Waals surface area (Å²) >= 11 is 12.0. The lowest BCUT2D eigenvalue weighted by atomic mass is 10.1. The second-order valence-electron chi connectivity index (χ2n) is 8.92. The van der Waals surface area contributed by atoms with E-state index in [4.69, 9.17) is 27.9 Å². The predicted molar refractivity (Wildman–Crippen MR) is 151 cm³/mol. The molecule has 0 spiro atoms. The van der Waals surface area contributed by atoms with Crippen LogP contribution in [0.3, 0.4) is 0 Å². The first-order valence-corrected chi connectivity index (χ1v) is 13.1. The number of carbonyl (C=O) groups is 3. The van der Waals surface area contributed by atoms with Gasteiger partial charge >= 0.3 is 0 Å². The van der Waals surface area contributed by atoms with Gasteiger partial charge in [-0.05, 0) is 73.5 Å². The molecular formula is C29H26Cl2FN3O4. The number of hydrogen-bond acceptors (Lipinski definition) is 5. The first-order chi connectivity index (χ1) is 18.7. The molecule has 10 heteroatoms. The summed E-state index contributed by atoms with van der Waals surface area (Å²) in [6.45, 7) is 4.55. The molecule has 3 amide bonds. The molecule has 0 bridgehead atoms. The van der Waals surface area contributed by atoms with E-state index >= 15 is 0 Å². The number of unbranched alkanes of at least 4 members (excludes halogenated alkanes) is 2. The molecule has 1 aliphatic heterocycles. The Bertz CT molecular complexity index is 1460. The van der Waals surface area contributed by atoms with Gasteiger partial charge in [0.15, 0.2) is 0 Å². The lowest BCUT2D eigenvalue weighted by molar-refractivity contribution is -0.120. The highest BCUT2D eigenvalue weighted by atomic mass is 35.5.